The van der Waals surface area contributed by atoms with E-state index in [0.717, 1.165) is 0 Å². The first-order valence-corrected chi connectivity index (χ1v) is 5.30. The Morgan fingerprint density at radius 2 is 2.31 bits per heavy atom. The summed E-state index contributed by atoms with van der Waals surface area (Å²) < 4.78 is 27.1. The molecule has 88 valence electrons. The first-order chi connectivity index (χ1) is 7.59. The normalized spacial score (nSPS) is 20.8. The molecule has 1 aliphatic heterocycles. The molecule has 1 aromatic heterocycles. The van der Waals surface area contributed by atoms with Gasteiger partial charge in [0.15, 0.2) is 0 Å². The monoisotopic (exact) mass is 228 g/mol. The summed E-state index contributed by atoms with van der Waals surface area (Å²) in [6.45, 7) is 0.433. The Morgan fingerprint density at radius 3 is 2.88 bits per heavy atom. The number of rotatable bonds is 2. The van der Waals surface area contributed by atoms with Crippen molar-refractivity contribution in [2.45, 2.75) is 25.3 Å². The van der Waals surface area contributed by atoms with Crippen molar-refractivity contribution in [2.75, 3.05) is 6.54 Å². The van der Waals surface area contributed by atoms with Crippen LogP contribution in [-0.2, 0) is 7.05 Å². The highest BCUT2D eigenvalue weighted by molar-refractivity contribution is 5.94. The summed E-state index contributed by atoms with van der Waals surface area (Å²) >= 11 is 0. The molecule has 5 heteroatoms. The van der Waals surface area contributed by atoms with E-state index in [-0.39, 0.29) is 5.91 Å². The Labute approximate surface area is 92.7 Å². The Hall–Kier alpha value is -1.39. The van der Waals surface area contributed by atoms with Gasteiger partial charge in [0.05, 0.1) is 11.6 Å². The zero-order chi connectivity index (χ0) is 11.7. The second-order valence-corrected chi connectivity index (χ2v) is 4.11. The molecule has 1 fully saturated rings. The van der Waals surface area contributed by atoms with Crippen molar-refractivity contribution in [1.82, 2.24) is 9.47 Å². The zero-order valence-electron chi connectivity index (χ0n) is 9.07. The number of hydrogen-bond acceptors (Lipinski definition) is 1. The summed E-state index contributed by atoms with van der Waals surface area (Å²) in [5, 5.41) is 0. The number of aromatic nitrogens is 1. The third kappa shape index (κ3) is 1.94. The Morgan fingerprint density at radius 1 is 1.56 bits per heavy atom. The van der Waals surface area contributed by atoms with Crippen LogP contribution in [0, 0.1) is 0 Å². The summed E-state index contributed by atoms with van der Waals surface area (Å²) in [4.78, 5) is 13.2. The lowest BCUT2D eigenvalue weighted by Crippen LogP contribution is -2.39. The third-order valence-electron chi connectivity index (χ3n) is 2.93. The average Bonchev–Trinajstić information content (AvgIpc) is 2.84. The third-order valence-corrected chi connectivity index (χ3v) is 2.93. The Bertz CT molecular complexity index is 389. The van der Waals surface area contributed by atoms with Crippen molar-refractivity contribution < 1.29 is 13.6 Å². The number of amides is 1. The van der Waals surface area contributed by atoms with E-state index in [0.29, 0.717) is 24.9 Å². The van der Waals surface area contributed by atoms with Gasteiger partial charge < -0.3 is 9.47 Å². The van der Waals surface area contributed by atoms with E-state index >= 15 is 0 Å². The van der Waals surface area contributed by atoms with Gasteiger partial charge in [-0.2, -0.15) is 0 Å². The molecule has 1 saturated heterocycles. The molecule has 2 heterocycles. The second-order valence-electron chi connectivity index (χ2n) is 4.11. The Balaban J connectivity index is 2.15. The van der Waals surface area contributed by atoms with Crippen molar-refractivity contribution in [3.05, 3.63) is 24.0 Å². The number of hydrogen-bond donors (Lipinski definition) is 0. The fourth-order valence-electron chi connectivity index (χ4n) is 2.10. The van der Waals surface area contributed by atoms with Crippen LogP contribution in [0.25, 0.3) is 0 Å². The number of carbonyl (C=O) groups excluding carboxylic acids is 1. The molecule has 0 aromatic carbocycles. The minimum atomic E-state index is -2.45. The fraction of sp³-hybridized carbons (Fsp3) is 0.545. The van der Waals surface area contributed by atoms with E-state index in [2.05, 4.69) is 0 Å². The van der Waals surface area contributed by atoms with E-state index in [1.807, 2.05) is 0 Å². The smallest absolute Gasteiger partial charge is 0.258 e. The number of carbonyl (C=O) groups is 1. The van der Waals surface area contributed by atoms with Gasteiger partial charge in [-0.15, -0.1) is 0 Å². The summed E-state index contributed by atoms with van der Waals surface area (Å²) in [6, 6.07) is 0.746. The second kappa shape index (κ2) is 4.23. The predicted octanol–water partition coefficient (Wildman–Crippen LogP) is 1.89. The van der Waals surface area contributed by atoms with Gasteiger partial charge in [-0.25, -0.2) is 8.78 Å². The highest BCUT2D eigenvalue weighted by Crippen LogP contribution is 2.24. The first kappa shape index (κ1) is 11.1. The van der Waals surface area contributed by atoms with Gasteiger partial charge in [-0.3, -0.25) is 4.79 Å². The van der Waals surface area contributed by atoms with E-state index in [4.69, 9.17) is 0 Å². The minimum Gasteiger partial charge on any atom is -0.356 e. The molecule has 1 aromatic rings. The van der Waals surface area contributed by atoms with Crippen LogP contribution in [0.5, 0.6) is 0 Å². The molecular weight excluding hydrogens is 214 g/mol. The van der Waals surface area contributed by atoms with Crippen molar-refractivity contribution in [2.24, 2.45) is 7.05 Å². The molecule has 0 spiro atoms. The van der Waals surface area contributed by atoms with Crippen LogP contribution in [0.4, 0.5) is 8.78 Å². The highest BCUT2D eigenvalue weighted by Gasteiger charge is 2.35. The minimum absolute atomic E-state index is 0.289. The molecule has 2 rings (SSSR count). The van der Waals surface area contributed by atoms with Crippen molar-refractivity contribution in [1.29, 1.82) is 0 Å². The predicted molar refractivity (Wildman–Crippen MR) is 55.5 cm³/mol. The lowest BCUT2D eigenvalue weighted by atomic mass is 10.2. The molecule has 1 aliphatic rings. The molecule has 1 atom stereocenters. The molecule has 0 radical (unpaired) electrons. The maximum absolute atomic E-state index is 12.7. The van der Waals surface area contributed by atoms with Gasteiger partial charge in [0.2, 0.25) is 0 Å². The molecule has 3 nitrogen and oxygen atoms in total. The summed E-state index contributed by atoms with van der Waals surface area (Å²) in [5.74, 6) is -0.289. The van der Waals surface area contributed by atoms with E-state index in [1.165, 1.54) is 4.90 Å². The summed E-state index contributed by atoms with van der Waals surface area (Å²) in [7, 11) is 1.80. The molecule has 16 heavy (non-hydrogen) atoms. The van der Waals surface area contributed by atoms with Crippen molar-refractivity contribution >= 4 is 5.91 Å². The van der Waals surface area contributed by atoms with Crippen LogP contribution >= 0.6 is 0 Å². The summed E-state index contributed by atoms with van der Waals surface area (Å²) in [5.41, 5.74) is 0.482. The van der Waals surface area contributed by atoms with Crippen LogP contribution in [0.2, 0.25) is 0 Å². The van der Waals surface area contributed by atoms with Gasteiger partial charge in [-0.05, 0) is 18.9 Å². The molecular formula is C11H14F2N2O. The van der Waals surface area contributed by atoms with Crippen LogP contribution in [0.1, 0.15) is 23.2 Å². The van der Waals surface area contributed by atoms with Crippen LogP contribution in [-0.4, -0.2) is 34.4 Å². The van der Waals surface area contributed by atoms with E-state index in [9.17, 15) is 13.6 Å². The van der Waals surface area contributed by atoms with Crippen molar-refractivity contribution in [3.63, 3.8) is 0 Å². The van der Waals surface area contributed by atoms with E-state index in [1.54, 1.807) is 30.1 Å². The highest BCUT2D eigenvalue weighted by atomic mass is 19.3. The van der Waals surface area contributed by atoms with Gasteiger partial charge in [0, 0.05) is 26.0 Å². The molecule has 0 N–H and O–H groups in total. The van der Waals surface area contributed by atoms with E-state index < -0.39 is 12.5 Å². The molecule has 0 aliphatic carbocycles. The number of halogens is 2. The zero-order valence-corrected chi connectivity index (χ0v) is 9.07. The van der Waals surface area contributed by atoms with Crippen LogP contribution in [0.3, 0.4) is 0 Å². The van der Waals surface area contributed by atoms with Crippen molar-refractivity contribution in [3.8, 4) is 0 Å². The maximum atomic E-state index is 12.7. The average molecular weight is 228 g/mol. The molecule has 0 saturated carbocycles. The standard InChI is InChI=1S/C11H14F2N2O/c1-14-6-4-8(7-14)11(16)15-5-2-3-9(15)10(12)13/h4,6-7,9-10H,2-3,5H2,1H3/t9-/m1/s1. The number of likely N-dealkylation sites (tertiary alicyclic amines) is 1. The van der Waals surface area contributed by atoms with Gasteiger partial charge in [0.1, 0.15) is 0 Å². The topological polar surface area (TPSA) is 25.2 Å². The molecule has 0 bridgehead atoms. The first-order valence-electron chi connectivity index (χ1n) is 5.30. The lowest BCUT2D eigenvalue weighted by Gasteiger charge is -2.23. The van der Waals surface area contributed by atoms with Gasteiger partial charge in [-0.1, -0.05) is 0 Å². The summed E-state index contributed by atoms with van der Waals surface area (Å²) in [6.07, 6.45) is 2.00. The largest absolute Gasteiger partial charge is 0.356 e. The number of alkyl halides is 2. The van der Waals surface area contributed by atoms with Gasteiger partial charge >= 0.3 is 0 Å². The Kier molecular flexibility index (Phi) is 2.94. The maximum Gasteiger partial charge on any atom is 0.258 e. The number of aryl methyl sites for hydroxylation is 1. The van der Waals surface area contributed by atoms with Gasteiger partial charge in [0.25, 0.3) is 12.3 Å². The van der Waals surface area contributed by atoms with Crippen LogP contribution < -0.4 is 0 Å². The quantitative estimate of drug-likeness (QED) is 0.759. The molecule has 1 amide bonds. The number of nitrogens with zero attached hydrogens (tertiary/aromatic N) is 2. The molecule has 0 unspecified atom stereocenters. The fourth-order valence-corrected chi connectivity index (χ4v) is 2.10. The van der Waals surface area contributed by atoms with Crippen LogP contribution in [0.15, 0.2) is 18.5 Å². The lowest BCUT2D eigenvalue weighted by molar-refractivity contribution is 0.0363. The SMILES string of the molecule is Cn1ccc(C(=O)N2CCC[C@@H]2C(F)F)c1.